The number of aromatic carboxylic acids is 1. The molecular weight excluding hydrogens is 398 g/mol. The molecule has 2 aromatic carbocycles. The third kappa shape index (κ3) is 3.62. The minimum Gasteiger partial charge on any atom is -0.504 e. The summed E-state index contributed by atoms with van der Waals surface area (Å²) in [4.78, 5) is 28.0. The van der Waals surface area contributed by atoms with Crippen molar-refractivity contribution in [2.24, 2.45) is 0 Å². The van der Waals surface area contributed by atoms with Crippen molar-refractivity contribution in [3.05, 3.63) is 83.5 Å². The number of aromatic hydroxyl groups is 1. The summed E-state index contributed by atoms with van der Waals surface area (Å²) in [6, 6.07) is 13.7. The maximum atomic E-state index is 13.2. The molecule has 0 aliphatic heterocycles. The summed E-state index contributed by atoms with van der Waals surface area (Å²) < 4.78 is 5.35. The molecule has 156 valence electrons. The minimum atomic E-state index is -1.39. The van der Waals surface area contributed by atoms with Gasteiger partial charge in [-0.2, -0.15) is 0 Å². The number of aromatic nitrogens is 1. The molecule has 4 N–H and O–H groups in total. The van der Waals surface area contributed by atoms with Gasteiger partial charge >= 0.3 is 5.97 Å². The SMILES string of the molecule is CC(O)/C=C/c1cccc2c(C(=O)c3oc(C(=O)O)c(-c4ccccc4)c3O)c[nH]c12. The Morgan fingerprint density at radius 2 is 1.81 bits per heavy atom. The van der Waals surface area contributed by atoms with Crippen LogP contribution in [0.4, 0.5) is 0 Å². The quantitative estimate of drug-likeness (QED) is 0.344. The molecule has 31 heavy (non-hydrogen) atoms. The molecule has 0 spiro atoms. The van der Waals surface area contributed by atoms with E-state index >= 15 is 0 Å². The lowest BCUT2D eigenvalue weighted by molar-refractivity contribution is 0.0661. The number of ketones is 1. The van der Waals surface area contributed by atoms with Crippen LogP contribution in [0.3, 0.4) is 0 Å². The summed E-state index contributed by atoms with van der Waals surface area (Å²) >= 11 is 0. The average Bonchev–Trinajstić information content (AvgIpc) is 3.34. The number of para-hydroxylation sites is 1. The van der Waals surface area contributed by atoms with Gasteiger partial charge in [-0.05, 0) is 18.1 Å². The highest BCUT2D eigenvalue weighted by Crippen LogP contribution is 2.40. The number of aliphatic hydroxyl groups excluding tert-OH is 1. The van der Waals surface area contributed by atoms with E-state index in [9.17, 15) is 24.9 Å². The molecule has 4 aromatic rings. The van der Waals surface area contributed by atoms with Gasteiger partial charge < -0.3 is 24.7 Å². The largest absolute Gasteiger partial charge is 0.504 e. The molecule has 0 aliphatic carbocycles. The van der Waals surface area contributed by atoms with Crippen molar-refractivity contribution >= 4 is 28.7 Å². The zero-order valence-electron chi connectivity index (χ0n) is 16.5. The van der Waals surface area contributed by atoms with E-state index in [1.54, 1.807) is 61.5 Å². The Balaban J connectivity index is 1.84. The van der Waals surface area contributed by atoms with Gasteiger partial charge in [0.2, 0.25) is 17.3 Å². The van der Waals surface area contributed by atoms with Gasteiger partial charge in [0.25, 0.3) is 0 Å². The zero-order chi connectivity index (χ0) is 22.1. The number of aromatic amines is 1. The first-order chi connectivity index (χ1) is 14.9. The van der Waals surface area contributed by atoms with Gasteiger partial charge in [0.05, 0.1) is 22.7 Å². The summed E-state index contributed by atoms with van der Waals surface area (Å²) in [6.07, 6.45) is 4.20. The molecule has 0 bridgehead atoms. The number of carboxylic acids is 1. The number of carbonyl (C=O) groups excluding carboxylic acids is 1. The molecule has 1 atom stereocenters. The standard InChI is InChI=1S/C24H19NO6/c1-13(26)10-11-15-8-5-9-16-17(12-25-19(15)16)20(27)23-21(28)18(22(31-23)24(29)30)14-6-3-2-4-7-14/h2-13,25-26,28H,1H3,(H,29,30)/b11-10+. The van der Waals surface area contributed by atoms with Crippen molar-refractivity contribution in [1.82, 2.24) is 4.98 Å². The van der Waals surface area contributed by atoms with Crippen LogP contribution < -0.4 is 0 Å². The highest BCUT2D eigenvalue weighted by molar-refractivity contribution is 6.18. The number of H-pyrrole nitrogens is 1. The summed E-state index contributed by atoms with van der Waals surface area (Å²) in [5.74, 6) is -3.51. The molecule has 0 amide bonds. The number of furan rings is 1. The van der Waals surface area contributed by atoms with Crippen molar-refractivity contribution in [3.8, 4) is 16.9 Å². The van der Waals surface area contributed by atoms with Crippen LogP contribution in [0.25, 0.3) is 28.1 Å². The number of hydrogen-bond acceptors (Lipinski definition) is 5. The van der Waals surface area contributed by atoms with Gasteiger partial charge in [0.1, 0.15) is 0 Å². The highest BCUT2D eigenvalue weighted by Gasteiger charge is 2.30. The van der Waals surface area contributed by atoms with Crippen LogP contribution in [0.1, 0.15) is 39.2 Å². The van der Waals surface area contributed by atoms with Crippen LogP contribution in [0, 0.1) is 0 Å². The molecule has 0 radical (unpaired) electrons. The van der Waals surface area contributed by atoms with E-state index in [1.807, 2.05) is 6.07 Å². The molecule has 2 aromatic heterocycles. The smallest absolute Gasteiger partial charge is 0.372 e. The second kappa shape index (κ2) is 7.97. The second-order valence-corrected chi connectivity index (χ2v) is 7.06. The van der Waals surface area contributed by atoms with Crippen molar-refractivity contribution in [1.29, 1.82) is 0 Å². The lowest BCUT2D eigenvalue weighted by Gasteiger charge is -2.01. The Bertz CT molecular complexity index is 1310. The van der Waals surface area contributed by atoms with E-state index in [0.29, 0.717) is 16.5 Å². The Hall–Kier alpha value is -4.10. The summed E-state index contributed by atoms with van der Waals surface area (Å²) in [7, 11) is 0. The van der Waals surface area contributed by atoms with E-state index in [2.05, 4.69) is 4.98 Å². The fourth-order valence-corrected chi connectivity index (χ4v) is 3.47. The summed E-state index contributed by atoms with van der Waals surface area (Å²) in [6.45, 7) is 1.63. The van der Waals surface area contributed by atoms with Crippen LogP contribution in [0.2, 0.25) is 0 Å². The van der Waals surface area contributed by atoms with Gasteiger partial charge in [-0.3, -0.25) is 4.79 Å². The lowest BCUT2D eigenvalue weighted by Crippen LogP contribution is -1.99. The second-order valence-electron chi connectivity index (χ2n) is 7.06. The third-order valence-corrected chi connectivity index (χ3v) is 4.89. The Morgan fingerprint density at radius 3 is 2.48 bits per heavy atom. The zero-order valence-corrected chi connectivity index (χ0v) is 16.5. The average molecular weight is 417 g/mol. The molecule has 7 heteroatoms. The van der Waals surface area contributed by atoms with Crippen LogP contribution in [0.5, 0.6) is 5.75 Å². The number of benzene rings is 2. The number of hydrogen-bond donors (Lipinski definition) is 4. The molecule has 4 rings (SSSR count). The topological polar surface area (TPSA) is 124 Å². The Labute approximate surface area is 176 Å². The van der Waals surface area contributed by atoms with E-state index in [0.717, 1.165) is 5.56 Å². The maximum absolute atomic E-state index is 13.2. The molecular formula is C24H19NO6. The number of nitrogens with one attached hydrogen (secondary N) is 1. The van der Waals surface area contributed by atoms with Gasteiger partial charge in [-0.25, -0.2) is 4.79 Å². The molecule has 0 fully saturated rings. The van der Waals surface area contributed by atoms with Crippen LogP contribution in [-0.2, 0) is 0 Å². The van der Waals surface area contributed by atoms with Gasteiger partial charge in [0, 0.05) is 11.6 Å². The molecule has 0 saturated heterocycles. The first-order valence-electron chi connectivity index (χ1n) is 9.54. The highest BCUT2D eigenvalue weighted by atomic mass is 16.4. The van der Waals surface area contributed by atoms with Gasteiger partial charge in [0.15, 0.2) is 5.75 Å². The number of rotatable bonds is 6. The van der Waals surface area contributed by atoms with E-state index in [1.165, 1.54) is 6.20 Å². The van der Waals surface area contributed by atoms with Crippen molar-refractivity contribution in [2.45, 2.75) is 13.0 Å². The number of aliphatic hydroxyl groups is 1. The fourth-order valence-electron chi connectivity index (χ4n) is 3.47. The monoisotopic (exact) mass is 417 g/mol. The maximum Gasteiger partial charge on any atom is 0.372 e. The molecule has 0 saturated carbocycles. The molecule has 7 nitrogen and oxygen atoms in total. The number of fused-ring (bicyclic) bond motifs is 1. The molecule has 0 aliphatic rings. The summed E-state index contributed by atoms with van der Waals surface area (Å²) in [5, 5.41) is 30.3. The first-order valence-corrected chi connectivity index (χ1v) is 9.54. The predicted molar refractivity (Wildman–Crippen MR) is 115 cm³/mol. The Kier molecular flexibility index (Phi) is 5.19. The molecule has 2 heterocycles. The normalized spacial score (nSPS) is 12.5. The van der Waals surface area contributed by atoms with Crippen LogP contribution in [0.15, 0.2) is 65.2 Å². The van der Waals surface area contributed by atoms with Gasteiger partial charge in [-0.1, -0.05) is 60.7 Å². The number of carbonyl (C=O) groups is 2. The van der Waals surface area contributed by atoms with E-state index in [4.69, 9.17) is 4.42 Å². The van der Waals surface area contributed by atoms with Crippen molar-refractivity contribution in [2.75, 3.05) is 0 Å². The van der Waals surface area contributed by atoms with Crippen molar-refractivity contribution < 1.29 is 29.3 Å². The lowest BCUT2D eigenvalue weighted by atomic mass is 10.0. The van der Waals surface area contributed by atoms with Crippen LogP contribution >= 0.6 is 0 Å². The first kappa shape index (κ1) is 20.2. The van der Waals surface area contributed by atoms with E-state index in [-0.39, 0.29) is 11.1 Å². The third-order valence-electron chi connectivity index (χ3n) is 4.89. The van der Waals surface area contributed by atoms with Crippen molar-refractivity contribution in [3.63, 3.8) is 0 Å². The minimum absolute atomic E-state index is 0.0446. The Morgan fingerprint density at radius 1 is 1.06 bits per heavy atom. The van der Waals surface area contributed by atoms with E-state index < -0.39 is 35.1 Å². The molecule has 1 unspecified atom stereocenters. The predicted octanol–water partition coefficient (Wildman–Crippen LogP) is 4.46. The summed E-state index contributed by atoms with van der Waals surface area (Å²) in [5.41, 5.74) is 2.03. The van der Waals surface area contributed by atoms with Crippen LogP contribution in [-0.4, -0.2) is 38.2 Å². The van der Waals surface area contributed by atoms with Gasteiger partial charge in [-0.15, -0.1) is 0 Å². The fraction of sp³-hybridized carbons (Fsp3) is 0.0833. The number of carboxylic acid groups (broad SMARTS) is 1.